The highest BCUT2D eigenvalue weighted by atomic mass is 16.5. The van der Waals surface area contributed by atoms with Gasteiger partial charge in [0.05, 0.1) is 25.8 Å². The number of anilines is 1. The van der Waals surface area contributed by atoms with Crippen LogP contribution in [0.15, 0.2) is 65.7 Å². The molecule has 174 valence electrons. The average molecular weight is 451 g/mol. The first-order valence-electron chi connectivity index (χ1n) is 11.0. The first kappa shape index (κ1) is 24.0. The van der Waals surface area contributed by atoms with Crippen LogP contribution in [0.5, 0.6) is 5.75 Å². The largest absolute Gasteiger partial charge is 0.497 e. The van der Waals surface area contributed by atoms with E-state index >= 15 is 0 Å². The molecule has 7 heteroatoms. The Morgan fingerprint density at radius 2 is 1.70 bits per heavy atom. The lowest BCUT2D eigenvalue weighted by Crippen LogP contribution is -2.52. The quantitative estimate of drug-likeness (QED) is 0.376. The maximum absolute atomic E-state index is 13.3. The Morgan fingerprint density at radius 3 is 2.24 bits per heavy atom. The Labute approximate surface area is 194 Å². The van der Waals surface area contributed by atoms with Gasteiger partial charge in [0.15, 0.2) is 0 Å². The molecule has 2 aromatic carbocycles. The van der Waals surface area contributed by atoms with Gasteiger partial charge in [-0.15, -0.1) is 0 Å². The maximum atomic E-state index is 13.3. The van der Waals surface area contributed by atoms with Crippen molar-refractivity contribution in [2.24, 2.45) is 5.92 Å². The molecule has 0 aromatic heterocycles. The van der Waals surface area contributed by atoms with Crippen molar-refractivity contribution >= 4 is 23.5 Å². The molecule has 0 radical (unpaired) electrons. The minimum Gasteiger partial charge on any atom is -0.497 e. The third-order valence-electron chi connectivity index (χ3n) is 6.15. The molecule has 33 heavy (non-hydrogen) atoms. The molecule has 7 nitrogen and oxygen atoms in total. The summed E-state index contributed by atoms with van der Waals surface area (Å²) < 4.78 is 10.1. The van der Waals surface area contributed by atoms with E-state index in [0.29, 0.717) is 23.4 Å². The van der Waals surface area contributed by atoms with Crippen LogP contribution in [0.2, 0.25) is 0 Å². The molecule has 0 bridgehead atoms. The molecular formula is C26H30N2O5. The van der Waals surface area contributed by atoms with E-state index in [1.807, 2.05) is 56.3 Å². The number of carbonyl (C=O) groups is 3. The normalized spacial score (nSPS) is 18.6. The standard InChI is InChI=1S/C26H30N2O5/c1-6-16(2)22(26(31)33-5)27-24(29)17(3)21-23(18-10-8-7-9-11-18)28(25(21)30)19-12-14-20(32-4)15-13-19/h7-16,22-23H,6H2,1-5H3,(H,27,29)/b21-17+/t16-,22-,23?/m0/s1. The van der Waals surface area contributed by atoms with Crippen LogP contribution < -0.4 is 15.0 Å². The third kappa shape index (κ3) is 4.77. The summed E-state index contributed by atoms with van der Waals surface area (Å²) in [5.74, 6) is -0.635. The lowest BCUT2D eigenvalue weighted by molar-refractivity contribution is -0.146. The SMILES string of the molecule is CC[C@H](C)[C@H](NC(=O)/C(C)=C1/C(=O)N(c2ccc(OC)cc2)C1c1ccccc1)C(=O)OC. The molecule has 0 aliphatic carbocycles. The van der Waals surface area contributed by atoms with E-state index in [9.17, 15) is 14.4 Å². The Hall–Kier alpha value is -3.61. The summed E-state index contributed by atoms with van der Waals surface area (Å²) in [6, 6.07) is 15.6. The van der Waals surface area contributed by atoms with Gasteiger partial charge in [-0.05, 0) is 42.7 Å². The number of nitrogens with zero attached hydrogens (tertiary/aromatic N) is 1. The first-order chi connectivity index (χ1) is 15.8. The van der Waals surface area contributed by atoms with Crippen molar-refractivity contribution in [3.63, 3.8) is 0 Å². The van der Waals surface area contributed by atoms with Crippen molar-refractivity contribution in [3.8, 4) is 5.75 Å². The molecule has 2 aromatic rings. The second kappa shape index (κ2) is 10.3. The summed E-state index contributed by atoms with van der Waals surface area (Å²) in [7, 11) is 2.88. The van der Waals surface area contributed by atoms with Gasteiger partial charge >= 0.3 is 5.97 Å². The second-order valence-corrected chi connectivity index (χ2v) is 8.08. The number of amides is 2. The fraction of sp³-hybridized carbons (Fsp3) is 0.346. The van der Waals surface area contributed by atoms with Crippen molar-refractivity contribution in [1.82, 2.24) is 5.32 Å². The highest BCUT2D eigenvalue weighted by Crippen LogP contribution is 2.44. The molecule has 3 rings (SSSR count). The van der Waals surface area contributed by atoms with Gasteiger partial charge in [-0.25, -0.2) is 4.79 Å². The number of β-lactam (4-membered cyclic amide) rings is 1. The summed E-state index contributed by atoms with van der Waals surface area (Å²) in [6.07, 6.45) is 0.687. The van der Waals surface area contributed by atoms with Crippen LogP contribution in [0.25, 0.3) is 0 Å². The van der Waals surface area contributed by atoms with Gasteiger partial charge in [0, 0.05) is 11.3 Å². The van der Waals surface area contributed by atoms with Gasteiger partial charge < -0.3 is 14.8 Å². The highest BCUT2D eigenvalue weighted by molar-refractivity contribution is 6.19. The number of methoxy groups -OCH3 is 2. The van der Waals surface area contributed by atoms with Crippen molar-refractivity contribution in [1.29, 1.82) is 0 Å². The number of hydrogen-bond donors (Lipinski definition) is 1. The van der Waals surface area contributed by atoms with Crippen LogP contribution in [0.4, 0.5) is 5.69 Å². The van der Waals surface area contributed by atoms with E-state index in [2.05, 4.69) is 5.32 Å². The van der Waals surface area contributed by atoms with Crippen LogP contribution in [0.1, 0.15) is 38.8 Å². The van der Waals surface area contributed by atoms with Gasteiger partial charge in [0.1, 0.15) is 11.8 Å². The predicted molar refractivity (Wildman–Crippen MR) is 126 cm³/mol. The van der Waals surface area contributed by atoms with Crippen LogP contribution >= 0.6 is 0 Å². The molecule has 2 amide bonds. The van der Waals surface area contributed by atoms with Crippen molar-refractivity contribution in [3.05, 3.63) is 71.3 Å². The number of carbonyl (C=O) groups excluding carboxylic acids is 3. The maximum Gasteiger partial charge on any atom is 0.328 e. The Kier molecular flexibility index (Phi) is 7.53. The lowest BCUT2D eigenvalue weighted by atomic mass is 9.84. The highest BCUT2D eigenvalue weighted by Gasteiger charge is 2.46. The van der Waals surface area contributed by atoms with E-state index in [4.69, 9.17) is 9.47 Å². The molecule has 1 aliphatic heterocycles. The Bertz CT molecular complexity index is 1050. The van der Waals surface area contributed by atoms with E-state index in [0.717, 1.165) is 5.56 Å². The van der Waals surface area contributed by atoms with Crippen molar-refractivity contribution in [2.45, 2.75) is 39.3 Å². The molecule has 1 N–H and O–H groups in total. The summed E-state index contributed by atoms with van der Waals surface area (Å²) in [5.41, 5.74) is 2.29. The minimum absolute atomic E-state index is 0.114. The zero-order valence-corrected chi connectivity index (χ0v) is 19.6. The molecular weight excluding hydrogens is 420 g/mol. The number of benzene rings is 2. The van der Waals surface area contributed by atoms with E-state index in [-0.39, 0.29) is 17.4 Å². The molecule has 1 fully saturated rings. The Morgan fingerprint density at radius 1 is 1.06 bits per heavy atom. The second-order valence-electron chi connectivity index (χ2n) is 8.08. The number of ether oxygens (including phenoxy) is 2. The molecule has 1 saturated heterocycles. The van der Waals surface area contributed by atoms with Crippen LogP contribution in [-0.2, 0) is 19.1 Å². The minimum atomic E-state index is -0.786. The van der Waals surface area contributed by atoms with E-state index in [1.54, 1.807) is 31.1 Å². The first-order valence-corrected chi connectivity index (χ1v) is 11.0. The van der Waals surface area contributed by atoms with Crippen LogP contribution in [-0.4, -0.2) is 38.0 Å². The molecule has 1 aliphatic rings. The molecule has 0 saturated carbocycles. The fourth-order valence-electron chi connectivity index (χ4n) is 3.92. The summed E-state index contributed by atoms with van der Waals surface area (Å²) in [6.45, 7) is 5.43. The Balaban J connectivity index is 1.97. The van der Waals surface area contributed by atoms with Gasteiger partial charge in [-0.2, -0.15) is 0 Å². The van der Waals surface area contributed by atoms with Crippen molar-refractivity contribution in [2.75, 3.05) is 19.1 Å². The van der Waals surface area contributed by atoms with Gasteiger partial charge in [0.2, 0.25) is 5.91 Å². The fourth-order valence-corrected chi connectivity index (χ4v) is 3.92. The van der Waals surface area contributed by atoms with Crippen LogP contribution in [0.3, 0.4) is 0 Å². The number of nitrogens with one attached hydrogen (secondary N) is 1. The molecule has 1 unspecified atom stereocenters. The van der Waals surface area contributed by atoms with Gasteiger partial charge in [0.25, 0.3) is 5.91 Å². The summed E-state index contributed by atoms with van der Waals surface area (Å²) in [5, 5.41) is 2.77. The molecule has 1 heterocycles. The number of rotatable bonds is 8. The lowest BCUT2D eigenvalue weighted by Gasteiger charge is -2.44. The van der Waals surface area contributed by atoms with Crippen LogP contribution in [0, 0.1) is 5.92 Å². The van der Waals surface area contributed by atoms with E-state index < -0.39 is 24.0 Å². The summed E-state index contributed by atoms with van der Waals surface area (Å²) >= 11 is 0. The molecule has 3 atom stereocenters. The number of hydrogen-bond acceptors (Lipinski definition) is 5. The van der Waals surface area contributed by atoms with E-state index in [1.165, 1.54) is 7.11 Å². The third-order valence-corrected chi connectivity index (χ3v) is 6.15. The number of esters is 1. The zero-order chi connectivity index (χ0) is 24.1. The van der Waals surface area contributed by atoms with Gasteiger partial charge in [-0.1, -0.05) is 50.6 Å². The molecule has 0 spiro atoms. The monoisotopic (exact) mass is 450 g/mol. The zero-order valence-electron chi connectivity index (χ0n) is 19.6. The summed E-state index contributed by atoms with van der Waals surface area (Å²) in [4.78, 5) is 40.3. The predicted octanol–water partition coefficient (Wildman–Crippen LogP) is 3.80. The smallest absolute Gasteiger partial charge is 0.328 e. The van der Waals surface area contributed by atoms with Crippen molar-refractivity contribution < 1.29 is 23.9 Å². The topological polar surface area (TPSA) is 84.9 Å². The average Bonchev–Trinajstić information content (AvgIpc) is 2.85. The van der Waals surface area contributed by atoms with Gasteiger partial charge in [-0.3, -0.25) is 14.5 Å².